The molecule has 0 amide bonds. The van der Waals surface area contributed by atoms with Crippen LogP contribution in [-0.4, -0.2) is 37.6 Å². The lowest BCUT2D eigenvalue weighted by atomic mass is 10.1. The minimum atomic E-state index is -0.113. The number of rotatable bonds is 3. The molecule has 1 fully saturated rings. The van der Waals surface area contributed by atoms with E-state index < -0.39 is 0 Å². The summed E-state index contributed by atoms with van der Waals surface area (Å²) in [5.74, 6) is 1.10. The monoisotopic (exact) mass is 323 g/mol. The van der Waals surface area contributed by atoms with Crippen molar-refractivity contribution >= 4 is 5.78 Å². The highest BCUT2D eigenvalue weighted by atomic mass is 16.1. The van der Waals surface area contributed by atoms with Gasteiger partial charge in [-0.1, -0.05) is 36.2 Å². The molecule has 6 nitrogen and oxygen atoms in total. The van der Waals surface area contributed by atoms with E-state index in [1.54, 1.807) is 6.07 Å². The highest BCUT2D eigenvalue weighted by Crippen LogP contribution is 2.16. The molecule has 1 aliphatic heterocycles. The molecule has 0 bridgehead atoms. The molecule has 1 N–H and O–H groups in total. The number of H-pyrrole nitrogens is 1. The number of nitrogens with one attached hydrogen (secondary N) is 1. The molecule has 0 atom stereocenters. The van der Waals surface area contributed by atoms with Crippen LogP contribution in [0.4, 0.5) is 0 Å². The Morgan fingerprint density at radius 2 is 1.83 bits per heavy atom. The van der Waals surface area contributed by atoms with Crippen molar-refractivity contribution in [3.63, 3.8) is 0 Å². The van der Waals surface area contributed by atoms with E-state index in [-0.39, 0.29) is 5.56 Å². The molecule has 4 rings (SSSR count). The van der Waals surface area contributed by atoms with E-state index in [1.807, 2.05) is 31.2 Å². The molecule has 1 aromatic carbocycles. The molecule has 24 heavy (non-hydrogen) atoms. The first-order valence-corrected chi connectivity index (χ1v) is 8.47. The van der Waals surface area contributed by atoms with Gasteiger partial charge >= 0.3 is 0 Å². The van der Waals surface area contributed by atoms with Gasteiger partial charge in [-0.25, -0.2) is 4.98 Å². The van der Waals surface area contributed by atoms with E-state index in [0.29, 0.717) is 11.6 Å². The summed E-state index contributed by atoms with van der Waals surface area (Å²) in [6.45, 7) is 4.92. The molecular formula is C18H21N5O. The van der Waals surface area contributed by atoms with Crippen LogP contribution in [0.3, 0.4) is 0 Å². The maximum atomic E-state index is 12.4. The van der Waals surface area contributed by atoms with Gasteiger partial charge in [0.25, 0.3) is 11.3 Å². The van der Waals surface area contributed by atoms with Crippen molar-refractivity contribution in [2.75, 3.05) is 13.1 Å². The third-order valence-corrected chi connectivity index (χ3v) is 4.54. The molecular weight excluding hydrogens is 302 g/mol. The lowest BCUT2D eigenvalue weighted by Crippen LogP contribution is -2.30. The summed E-state index contributed by atoms with van der Waals surface area (Å²) in [4.78, 5) is 23.8. The zero-order valence-electron chi connectivity index (χ0n) is 13.8. The summed E-state index contributed by atoms with van der Waals surface area (Å²) >= 11 is 0. The van der Waals surface area contributed by atoms with Gasteiger partial charge in [-0.3, -0.25) is 14.8 Å². The highest BCUT2D eigenvalue weighted by Gasteiger charge is 2.14. The van der Waals surface area contributed by atoms with Crippen molar-refractivity contribution in [3.8, 4) is 11.4 Å². The fourth-order valence-corrected chi connectivity index (χ4v) is 3.20. The highest BCUT2D eigenvalue weighted by molar-refractivity contribution is 5.57. The average Bonchev–Trinajstić information content (AvgIpc) is 3.01. The third-order valence-electron chi connectivity index (χ3n) is 4.54. The van der Waals surface area contributed by atoms with Gasteiger partial charge < -0.3 is 0 Å². The van der Waals surface area contributed by atoms with Crippen molar-refractivity contribution < 1.29 is 0 Å². The van der Waals surface area contributed by atoms with Gasteiger partial charge in [-0.2, -0.15) is 9.50 Å². The van der Waals surface area contributed by atoms with Crippen LogP contribution in [0.2, 0.25) is 0 Å². The van der Waals surface area contributed by atoms with E-state index in [0.717, 1.165) is 30.9 Å². The number of nitrogens with zero attached hydrogens (tertiary/aromatic N) is 4. The van der Waals surface area contributed by atoms with Gasteiger partial charge in [0.15, 0.2) is 5.82 Å². The smallest absolute Gasteiger partial charge is 0.274 e. The largest absolute Gasteiger partial charge is 0.298 e. The number of aryl methyl sites for hydroxylation is 1. The minimum absolute atomic E-state index is 0.113. The van der Waals surface area contributed by atoms with Crippen molar-refractivity contribution in [1.29, 1.82) is 0 Å². The lowest BCUT2D eigenvalue weighted by Gasteiger charge is -2.25. The third kappa shape index (κ3) is 2.97. The van der Waals surface area contributed by atoms with Crippen LogP contribution in [0.1, 0.15) is 30.5 Å². The predicted octanol–water partition coefficient (Wildman–Crippen LogP) is 2.38. The van der Waals surface area contributed by atoms with Gasteiger partial charge in [0, 0.05) is 18.2 Å². The summed E-state index contributed by atoms with van der Waals surface area (Å²) in [6, 6.07) is 9.65. The van der Waals surface area contributed by atoms with Gasteiger partial charge in [-0.05, 0) is 32.9 Å². The molecule has 0 spiro atoms. The Hall–Kier alpha value is -2.47. The van der Waals surface area contributed by atoms with E-state index in [2.05, 4.69) is 20.0 Å². The Morgan fingerprint density at radius 3 is 2.58 bits per heavy atom. The number of fused-ring (bicyclic) bond motifs is 1. The summed E-state index contributed by atoms with van der Waals surface area (Å²) in [6.07, 6.45) is 3.74. The quantitative estimate of drug-likeness (QED) is 0.803. The molecule has 1 aliphatic rings. The minimum Gasteiger partial charge on any atom is -0.298 e. The number of benzene rings is 1. The second-order valence-corrected chi connectivity index (χ2v) is 6.50. The fraction of sp³-hybridized carbons (Fsp3) is 0.389. The van der Waals surface area contributed by atoms with E-state index >= 15 is 0 Å². The van der Waals surface area contributed by atoms with Crippen LogP contribution in [0.25, 0.3) is 17.2 Å². The van der Waals surface area contributed by atoms with Gasteiger partial charge in [0.05, 0.1) is 5.69 Å². The maximum absolute atomic E-state index is 12.4. The maximum Gasteiger partial charge on any atom is 0.274 e. The normalized spacial score (nSPS) is 15.9. The lowest BCUT2D eigenvalue weighted by molar-refractivity contribution is 0.218. The number of hydrogen-bond donors (Lipinski definition) is 1. The number of aromatic nitrogens is 4. The van der Waals surface area contributed by atoms with Crippen LogP contribution in [0.5, 0.6) is 0 Å². The molecule has 6 heteroatoms. The number of aromatic amines is 1. The molecule has 3 heterocycles. The molecule has 1 saturated heterocycles. The second-order valence-electron chi connectivity index (χ2n) is 6.50. The Kier molecular flexibility index (Phi) is 3.90. The van der Waals surface area contributed by atoms with Crippen LogP contribution >= 0.6 is 0 Å². The fourth-order valence-electron chi connectivity index (χ4n) is 3.20. The Bertz CT molecular complexity index is 903. The standard InChI is InChI=1S/C18H21N5O/c1-13-5-7-14(8-6-13)17-20-18-19-15(11-16(24)23(18)21-17)12-22-9-3-2-4-10-22/h5-8,11H,2-4,9-10,12H2,1H3,(H,19,20,21). The summed E-state index contributed by atoms with van der Waals surface area (Å²) < 4.78 is 1.41. The molecule has 0 aliphatic carbocycles. The molecule has 0 saturated carbocycles. The van der Waals surface area contributed by atoms with E-state index in [4.69, 9.17) is 0 Å². The van der Waals surface area contributed by atoms with Gasteiger partial charge in [0.2, 0.25) is 0 Å². The van der Waals surface area contributed by atoms with Crippen molar-refractivity contribution in [1.82, 2.24) is 24.5 Å². The molecule has 0 radical (unpaired) electrons. The summed E-state index contributed by atoms with van der Waals surface area (Å²) in [5.41, 5.74) is 2.82. The predicted molar refractivity (Wildman–Crippen MR) is 92.9 cm³/mol. The van der Waals surface area contributed by atoms with E-state index in [1.165, 1.54) is 29.3 Å². The Morgan fingerprint density at radius 1 is 1.08 bits per heavy atom. The first kappa shape index (κ1) is 15.1. The summed E-state index contributed by atoms with van der Waals surface area (Å²) in [5, 5.41) is 3.05. The van der Waals surface area contributed by atoms with Crippen LogP contribution in [0, 0.1) is 6.92 Å². The van der Waals surface area contributed by atoms with Crippen LogP contribution in [0.15, 0.2) is 35.1 Å². The summed E-state index contributed by atoms with van der Waals surface area (Å²) in [7, 11) is 0. The molecule has 2 aromatic heterocycles. The SMILES string of the molecule is Cc1ccc(-c2nc3nc(CN4CCCCC4)cc(=O)n3[nH]2)cc1. The number of likely N-dealkylation sites (tertiary alicyclic amines) is 1. The van der Waals surface area contributed by atoms with Gasteiger partial charge in [0.1, 0.15) is 0 Å². The number of hydrogen-bond acceptors (Lipinski definition) is 4. The Labute approximate surface area is 140 Å². The van der Waals surface area contributed by atoms with Gasteiger partial charge in [-0.15, -0.1) is 0 Å². The first-order chi connectivity index (χ1) is 11.7. The topological polar surface area (TPSA) is 66.3 Å². The van der Waals surface area contributed by atoms with E-state index in [9.17, 15) is 4.79 Å². The number of piperidine rings is 1. The second kappa shape index (κ2) is 6.20. The Balaban J connectivity index is 1.67. The van der Waals surface area contributed by atoms with Crippen molar-refractivity contribution in [3.05, 3.63) is 51.9 Å². The zero-order valence-corrected chi connectivity index (χ0v) is 13.8. The molecule has 124 valence electrons. The van der Waals surface area contributed by atoms with Crippen molar-refractivity contribution in [2.45, 2.75) is 32.7 Å². The molecule has 0 unspecified atom stereocenters. The average molecular weight is 323 g/mol. The van der Waals surface area contributed by atoms with Crippen LogP contribution in [-0.2, 0) is 6.54 Å². The first-order valence-electron chi connectivity index (χ1n) is 8.47. The zero-order chi connectivity index (χ0) is 16.5. The van der Waals surface area contributed by atoms with Crippen molar-refractivity contribution in [2.24, 2.45) is 0 Å². The van der Waals surface area contributed by atoms with Crippen LogP contribution < -0.4 is 5.56 Å². The molecule has 3 aromatic rings.